The van der Waals surface area contributed by atoms with Gasteiger partial charge >= 0.3 is 5.69 Å². The van der Waals surface area contributed by atoms with Gasteiger partial charge in [0.1, 0.15) is 6.33 Å². The lowest BCUT2D eigenvalue weighted by Crippen LogP contribution is -2.07. The van der Waals surface area contributed by atoms with Gasteiger partial charge < -0.3 is 11.1 Å². The molecule has 0 saturated carbocycles. The van der Waals surface area contributed by atoms with Crippen molar-refractivity contribution in [3.8, 4) is 0 Å². The molecule has 0 aliphatic carbocycles. The molecule has 0 radical (unpaired) electrons. The van der Waals surface area contributed by atoms with Crippen LogP contribution < -0.4 is 11.1 Å². The third kappa shape index (κ3) is 2.79. The van der Waals surface area contributed by atoms with Gasteiger partial charge in [0.2, 0.25) is 11.6 Å². The van der Waals surface area contributed by atoms with E-state index in [2.05, 4.69) is 15.3 Å². The SMILES string of the molecule is Cc1cc(CNc2ncnc(N)c2[N+](=O)[O-])sc1C. The average molecular weight is 279 g/mol. The van der Waals surface area contributed by atoms with Crippen LogP contribution in [0.2, 0.25) is 0 Å². The highest BCUT2D eigenvalue weighted by molar-refractivity contribution is 7.12. The molecule has 0 unspecified atom stereocenters. The molecule has 7 nitrogen and oxygen atoms in total. The van der Waals surface area contributed by atoms with E-state index in [4.69, 9.17) is 5.73 Å². The minimum absolute atomic E-state index is 0.138. The zero-order valence-electron chi connectivity index (χ0n) is 10.5. The molecule has 2 aromatic heterocycles. The van der Waals surface area contributed by atoms with Gasteiger partial charge in [0.25, 0.3) is 0 Å². The van der Waals surface area contributed by atoms with Crippen LogP contribution in [0.4, 0.5) is 17.3 Å². The number of nitrogens with zero attached hydrogens (tertiary/aromatic N) is 3. The summed E-state index contributed by atoms with van der Waals surface area (Å²) < 4.78 is 0. The Morgan fingerprint density at radius 1 is 1.47 bits per heavy atom. The molecule has 19 heavy (non-hydrogen) atoms. The predicted octanol–water partition coefficient (Wildman–Crippen LogP) is 2.26. The minimum atomic E-state index is -0.581. The third-order valence-corrected chi connectivity index (χ3v) is 3.83. The average Bonchev–Trinajstić information content (AvgIpc) is 2.65. The van der Waals surface area contributed by atoms with E-state index in [0.29, 0.717) is 6.54 Å². The summed E-state index contributed by atoms with van der Waals surface area (Å²) in [4.78, 5) is 20.1. The van der Waals surface area contributed by atoms with E-state index >= 15 is 0 Å². The van der Waals surface area contributed by atoms with Gasteiger partial charge in [-0.25, -0.2) is 9.97 Å². The fourth-order valence-electron chi connectivity index (χ4n) is 1.61. The van der Waals surface area contributed by atoms with Crippen molar-refractivity contribution in [1.29, 1.82) is 0 Å². The molecule has 0 fully saturated rings. The van der Waals surface area contributed by atoms with E-state index in [1.54, 1.807) is 11.3 Å². The van der Waals surface area contributed by atoms with Crippen LogP contribution in [0.1, 0.15) is 15.3 Å². The first kappa shape index (κ1) is 13.2. The van der Waals surface area contributed by atoms with Crippen molar-refractivity contribution in [3.63, 3.8) is 0 Å². The summed E-state index contributed by atoms with van der Waals surface area (Å²) in [7, 11) is 0. The number of rotatable bonds is 4. The van der Waals surface area contributed by atoms with Crippen LogP contribution in [-0.4, -0.2) is 14.9 Å². The van der Waals surface area contributed by atoms with Gasteiger partial charge in [-0.2, -0.15) is 0 Å². The van der Waals surface area contributed by atoms with E-state index < -0.39 is 4.92 Å². The van der Waals surface area contributed by atoms with Crippen LogP contribution in [0.3, 0.4) is 0 Å². The largest absolute Gasteiger partial charge is 0.378 e. The standard InChI is InChI=1S/C11H13N5O2S/c1-6-3-8(19-7(6)2)4-13-11-9(16(17)18)10(12)14-5-15-11/h3,5H,4H2,1-2H3,(H3,12,13,14,15). The highest BCUT2D eigenvalue weighted by atomic mass is 32.1. The lowest BCUT2D eigenvalue weighted by Gasteiger charge is -2.05. The lowest BCUT2D eigenvalue weighted by molar-refractivity contribution is -0.383. The molecule has 0 amide bonds. The number of nitrogen functional groups attached to an aromatic ring is 1. The Morgan fingerprint density at radius 3 is 2.79 bits per heavy atom. The Labute approximate surface area is 113 Å². The Hall–Kier alpha value is -2.22. The Kier molecular flexibility index (Phi) is 3.61. The molecular formula is C11H13N5O2S. The van der Waals surface area contributed by atoms with E-state index in [1.807, 2.05) is 19.9 Å². The fourth-order valence-corrected chi connectivity index (χ4v) is 2.60. The van der Waals surface area contributed by atoms with Gasteiger partial charge in [-0.15, -0.1) is 11.3 Å². The molecule has 0 saturated heterocycles. The topological polar surface area (TPSA) is 107 Å². The predicted molar refractivity (Wildman–Crippen MR) is 74.2 cm³/mol. The van der Waals surface area contributed by atoms with Crippen LogP contribution in [0.15, 0.2) is 12.4 Å². The molecule has 8 heteroatoms. The number of nitrogens with two attached hydrogens (primary N) is 1. The Balaban J connectivity index is 2.20. The summed E-state index contributed by atoms with van der Waals surface area (Å²) >= 11 is 1.65. The number of hydrogen-bond acceptors (Lipinski definition) is 7. The van der Waals surface area contributed by atoms with Crippen LogP contribution in [0.5, 0.6) is 0 Å². The third-order valence-electron chi connectivity index (χ3n) is 2.68. The molecule has 3 N–H and O–H groups in total. The summed E-state index contributed by atoms with van der Waals surface area (Å²) in [6.07, 6.45) is 1.20. The smallest absolute Gasteiger partial charge is 0.352 e. The summed E-state index contributed by atoms with van der Waals surface area (Å²) in [6.45, 7) is 4.53. The van der Waals surface area contributed by atoms with Crippen molar-refractivity contribution in [3.05, 3.63) is 37.8 Å². The number of aromatic nitrogens is 2. The maximum atomic E-state index is 10.9. The normalized spacial score (nSPS) is 10.4. The van der Waals surface area contributed by atoms with Crippen molar-refractivity contribution in [2.45, 2.75) is 20.4 Å². The van der Waals surface area contributed by atoms with E-state index in [0.717, 1.165) is 4.88 Å². The number of nitro groups is 1. The maximum Gasteiger partial charge on any atom is 0.352 e. The van der Waals surface area contributed by atoms with E-state index in [1.165, 1.54) is 16.8 Å². The molecule has 0 aliphatic heterocycles. The molecule has 0 aliphatic rings. The molecule has 0 spiro atoms. The summed E-state index contributed by atoms with van der Waals surface area (Å²) in [5.41, 5.74) is 6.41. The zero-order valence-corrected chi connectivity index (χ0v) is 11.3. The van der Waals surface area contributed by atoms with Gasteiger partial charge in [0, 0.05) is 9.75 Å². The number of hydrogen-bond donors (Lipinski definition) is 2. The van der Waals surface area contributed by atoms with Crippen molar-refractivity contribution in [2.24, 2.45) is 0 Å². The first-order valence-corrected chi connectivity index (χ1v) is 6.35. The maximum absolute atomic E-state index is 10.9. The van der Waals surface area contributed by atoms with Gasteiger partial charge in [-0.3, -0.25) is 10.1 Å². The second kappa shape index (κ2) is 5.19. The van der Waals surface area contributed by atoms with Gasteiger partial charge in [-0.05, 0) is 25.5 Å². The summed E-state index contributed by atoms with van der Waals surface area (Å²) in [6, 6.07) is 2.05. The van der Waals surface area contributed by atoms with Crippen molar-refractivity contribution in [2.75, 3.05) is 11.1 Å². The molecule has 2 aromatic rings. The van der Waals surface area contributed by atoms with Crippen molar-refractivity contribution < 1.29 is 4.92 Å². The quantitative estimate of drug-likeness (QED) is 0.656. The summed E-state index contributed by atoms with van der Waals surface area (Å²) in [5, 5.41) is 13.9. The van der Waals surface area contributed by atoms with E-state index in [9.17, 15) is 10.1 Å². The number of nitrogens with one attached hydrogen (secondary N) is 1. The summed E-state index contributed by atoms with van der Waals surface area (Å²) in [5.74, 6) is 0.00208. The molecule has 2 rings (SSSR count). The first-order chi connectivity index (χ1) is 8.99. The number of anilines is 2. The number of aryl methyl sites for hydroxylation is 2. The number of thiophene rings is 1. The molecule has 0 aromatic carbocycles. The second-order valence-corrected chi connectivity index (χ2v) is 5.36. The van der Waals surface area contributed by atoms with Gasteiger partial charge in [0.15, 0.2) is 0 Å². The first-order valence-electron chi connectivity index (χ1n) is 5.53. The zero-order chi connectivity index (χ0) is 14.0. The Morgan fingerprint density at radius 2 is 2.21 bits per heavy atom. The Bertz CT molecular complexity index is 606. The monoisotopic (exact) mass is 279 g/mol. The highest BCUT2D eigenvalue weighted by Crippen LogP contribution is 2.28. The molecule has 0 atom stereocenters. The van der Waals surface area contributed by atoms with Gasteiger partial charge in [0.05, 0.1) is 11.5 Å². The second-order valence-electron chi connectivity index (χ2n) is 4.02. The molecule has 100 valence electrons. The van der Waals surface area contributed by atoms with Gasteiger partial charge in [-0.1, -0.05) is 0 Å². The fraction of sp³-hybridized carbons (Fsp3) is 0.273. The van der Waals surface area contributed by atoms with Crippen LogP contribution in [0.25, 0.3) is 0 Å². The van der Waals surface area contributed by atoms with Crippen LogP contribution in [0, 0.1) is 24.0 Å². The van der Waals surface area contributed by atoms with Crippen LogP contribution in [-0.2, 0) is 6.54 Å². The molecule has 2 heterocycles. The molecular weight excluding hydrogens is 266 g/mol. The van der Waals surface area contributed by atoms with Crippen LogP contribution >= 0.6 is 11.3 Å². The van der Waals surface area contributed by atoms with Crippen molar-refractivity contribution >= 4 is 28.7 Å². The lowest BCUT2D eigenvalue weighted by atomic mass is 10.3. The highest BCUT2D eigenvalue weighted by Gasteiger charge is 2.20. The molecule has 0 bridgehead atoms. The van der Waals surface area contributed by atoms with E-state index in [-0.39, 0.29) is 17.3 Å². The van der Waals surface area contributed by atoms with Crippen molar-refractivity contribution in [1.82, 2.24) is 9.97 Å². The minimum Gasteiger partial charge on any atom is -0.378 e.